The Labute approximate surface area is 118 Å². The third-order valence-corrected chi connectivity index (χ3v) is 3.41. The molecule has 0 saturated carbocycles. The molecule has 108 valence electrons. The zero-order valence-electron chi connectivity index (χ0n) is 11.9. The number of benzene rings is 1. The molecule has 5 nitrogen and oxygen atoms in total. The number of anilines is 1. The van der Waals surface area contributed by atoms with E-state index in [9.17, 15) is 9.59 Å². The highest BCUT2D eigenvalue weighted by Gasteiger charge is 2.36. The van der Waals surface area contributed by atoms with Crippen molar-refractivity contribution in [2.75, 3.05) is 18.6 Å². The molecule has 0 aliphatic carbocycles. The molecule has 0 aromatic heterocycles. The summed E-state index contributed by atoms with van der Waals surface area (Å²) in [6.45, 7) is 2.64. The predicted molar refractivity (Wildman–Crippen MR) is 76.8 cm³/mol. The zero-order chi connectivity index (χ0) is 14.5. The number of rotatable bonds is 5. The van der Waals surface area contributed by atoms with Gasteiger partial charge in [0, 0.05) is 18.7 Å². The van der Waals surface area contributed by atoms with Crippen LogP contribution in [0.2, 0.25) is 0 Å². The first-order chi connectivity index (χ1) is 9.67. The van der Waals surface area contributed by atoms with E-state index in [-0.39, 0.29) is 11.8 Å². The standard InChI is InChI=1S/C15H20N2O3/c1-3-10-16-15(19)13-8-9-14(18)17(13)11-4-6-12(20-2)7-5-11/h4-7,13H,3,8-10H2,1-2H3,(H,16,19). The van der Waals surface area contributed by atoms with Crippen molar-refractivity contribution in [2.24, 2.45) is 0 Å². The van der Waals surface area contributed by atoms with Crippen molar-refractivity contribution >= 4 is 17.5 Å². The fourth-order valence-electron chi connectivity index (χ4n) is 2.36. The molecule has 1 aromatic rings. The minimum Gasteiger partial charge on any atom is -0.497 e. The van der Waals surface area contributed by atoms with Crippen LogP contribution in [0.15, 0.2) is 24.3 Å². The lowest BCUT2D eigenvalue weighted by atomic mass is 10.2. The molecule has 1 saturated heterocycles. The molecule has 0 radical (unpaired) electrons. The van der Waals surface area contributed by atoms with E-state index >= 15 is 0 Å². The van der Waals surface area contributed by atoms with Gasteiger partial charge < -0.3 is 10.1 Å². The Morgan fingerprint density at radius 1 is 1.40 bits per heavy atom. The number of hydrogen-bond donors (Lipinski definition) is 1. The molecule has 20 heavy (non-hydrogen) atoms. The van der Waals surface area contributed by atoms with Gasteiger partial charge in [0.05, 0.1) is 7.11 Å². The van der Waals surface area contributed by atoms with Crippen LogP contribution in [0, 0.1) is 0 Å². The minimum absolute atomic E-state index is 0.00758. The van der Waals surface area contributed by atoms with Gasteiger partial charge in [0.25, 0.3) is 0 Å². The van der Waals surface area contributed by atoms with Crippen molar-refractivity contribution < 1.29 is 14.3 Å². The fraction of sp³-hybridized carbons (Fsp3) is 0.467. The van der Waals surface area contributed by atoms with Crippen molar-refractivity contribution in [2.45, 2.75) is 32.2 Å². The average molecular weight is 276 g/mol. The van der Waals surface area contributed by atoms with Crippen molar-refractivity contribution in [3.63, 3.8) is 0 Å². The Morgan fingerprint density at radius 3 is 2.70 bits per heavy atom. The Hall–Kier alpha value is -2.04. The molecule has 0 bridgehead atoms. The highest BCUT2D eigenvalue weighted by Crippen LogP contribution is 2.28. The Balaban J connectivity index is 2.17. The first kappa shape index (κ1) is 14.4. The molecule has 1 aromatic carbocycles. The Morgan fingerprint density at radius 2 is 2.10 bits per heavy atom. The van der Waals surface area contributed by atoms with Gasteiger partial charge in [-0.3, -0.25) is 14.5 Å². The lowest BCUT2D eigenvalue weighted by molar-refractivity contribution is -0.123. The van der Waals surface area contributed by atoms with E-state index in [4.69, 9.17) is 4.74 Å². The van der Waals surface area contributed by atoms with Crippen molar-refractivity contribution in [3.8, 4) is 5.75 Å². The third kappa shape index (κ3) is 2.92. The van der Waals surface area contributed by atoms with Crippen LogP contribution in [0.1, 0.15) is 26.2 Å². The quantitative estimate of drug-likeness (QED) is 0.890. The van der Waals surface area contributed by atoms with Gasteiger partial charge in [-0.15, -0.1) is 0 Å². The average Bonchev–Trinajstić information content (AvgIpc) is 2.86. The van der Waals surface area contributed by atoms with Gasteiger partial charge in [-0.25, -0.2) is 0 Å². The number of nitrogens with zero attached hydrogens (tertiary/aromatic N) is 1. The topological polar surface area (TPSA) is 58.6 Å². The molecule has 1 aliphatic heterocycles. The van der Waals surface area contributed by atoms with Crippen LogP contribution < -0.4 is 15.0 Å². The number of carbonyl (C=O) groups is 2. The normalized spacial score (nSPS) is 18.2. The molecule has 1 unspecified atom stereocenters. The van der Waals surface area contributed by atoms with Gasteiger partial charge in [0.15, 0.2) is 0 Å². The lowest BCUT2D eigenvalue weighted by Crippen LogP contribution is -2.45. The second kappa shape index (κ2) is 6.41. The number of hydrogen-bond acceptors (Lipinski definition) is 3. The monoisotopic (exact) mass is 276 g/mol. The largest absolute Gasteiger partial charge is 0.497 e. The zero-order valence-corrected chi connectivity index (χ0v) is 11.9. The molecule has 1 aliphatic rings. The molecular weight excluding hydrogens is 256 g/mol. The lowest BCUT2D eigenvalue weighted by Gasteiger charge is -2.24. The molecule has 0 spiro atoms. The molecule has 1 atom stereocenters. The van der Waals surface area contributed by atoms with Gasteiger partial charge in [0.2, 0.25) is 11.8 Å². The smallest absolute Gasteiger partial charge is 0.243 e. The van der Waals surface area contributed by atoms with E-state index in [1.54, 1.807) is 24.1 Å². The highest BCUT2D eigenvalue weighted by atomic mass is 16.5. The van der Waals surface area contributed by atoms with Crippen LogP contribution in [0.4, 0.5) is 5.69 Å². The van der Waals surface area contributed by atoms with E-state index in [2.05, 4.69) is 5.32 Å². The molecule has 5 heteroatoms. The van der Waals surface area contributed by atoms with Crippen LogP contribution in [-0.2, 0) is 9.59 Å². The summed E-state index contributed by atoms with van der Waals surface area (Å²) >= 11 is 0. The number of carbonyl (C=O) groups excluding carboxylic acids is 2. The number of ether oxygens (including phenoxy) is 1. The van der Waals surface area contributed by atoms with Crippen LogP contribution >= 0.6 is 0 Å². The molecule has 2 amide bonds. The summed E-state index contributed by atoms with van der Waals surface area (Å²) in [4.78, 5) is 25.7. The van der Waals surface area contributed by atoms with E-state index in [0.717, 1.165) is 17.9 Å². The molecular formula is C15H20N2O3. The summed E-state index contributed by atoms with van der Waals surface area (Å²) in [7, 11) is 1.59. The predicted octanol–water partition coefficient (Wildman–Crippen LogP) is 1.72. The fourth-order valence-corrected chi connectivity index (χ4v) is 2.36. The number of methoxy groups -OCH3 is 1. The molecule has 2 rings (SSSR count). The number of nitrogens with one attached hydrogen (secondary N) is 1. The van der Waals surface area contributed by atoms with Crippen molar-refractivity contribution in [3.05, 3.63) is 24.3 Å². The summed E-state index contributed by atoms with van der Waals surface area (Å²) in [5, 5.41) is 2.86. The van der Waals surface area contributed by atoms with Gasteiger partial charge in [0.1, 0.15) is 11.8 Å². The minimum atomic E-state index is -0.401. The molecule has 1 heterocycles. The van der Waals surface area contributed by atoms with Gasteiger partial charge >= 0.3 is 0 Å². The first-order valence-corrected chi connectivity index (χ1v) is 6.91. The van der Waals surface area contributed by atoms with Crippen LogP contribution in [0.3, 0.4) is 0 Å². The Bertz CT molecular complexity index is 484. The van der Waals surface area contributed by atoms with E-state index in [1.807, 2.05) is 19.1 Å². The maximum Gasteiger partial charge on any atom is 0.243 e. The number of amides is 2. The van der Waals surface area contributed by atoms with E-state index < -0.39 is 6.04 Å². The van der Waals surface area contributed by atoms with Gasteiger partial charge in [-0.1, -0.05) is 6.92 Å². The highest BCUT2D eigenvalue weighted by molar-refractivity contribution is 6.03. The van der Waals surface area contributed by atoms with Crippen molar-refractivity contribution in [1.82, 2.24) is 5.32 Å². The second-order valence-electron chi connectivity index (χ2n) is 4.81. The maximum atomic E-state index is 12.1. The SMILES string of the molecule is CCCNC(=O)C1CCC(=O)N1c1ccc(OC)cc1. The van der Waals surface area contributed by atoms with Gasteiger partial charge in [-0.2, -0.15) is 0 Å². The van der Waals surface area contributed by atoms with E-state index in [0.29, 0.717) is 19.4 Å². The first-order valence-electron chi connectivity index (χ1n) is 6.91. The summed E-state index contributed by atoms with van der Waals surface area (Å²) in [6, 6.07) is 6.80. The summed E-state index contributed by atoms with van der Waals surface area (Å²) < 4.78 is 5.10. The second-order valence-corrected chi connectivity index (χ2v) is 4.81. The third-order valence-electron chi connectivity index (χ3n) is 3.41. The molecule has 1 N–H and O–H groups in total. The van der Waals surface area contributed by atoms with Crippen LogP contribution in [-0.4, -0.2) is 31.5 Å². The van der Waals surface area contributed by atoms with E-state index in [1.165, 1.54) is 0 Å². The van der Waals surface area contributed by atoms with Crippen LogP contribution in [0.25, 0.3) is 0 Å². The summed E-state index contributed by atoms with van der Waals surface area (Å²) in [6.07, 6.45) is 1.87. The van der Waals surface area contributed by atoms with Gasteiger partial charge in [-0.05, 0) is 37.1 Å². The summed E-state index contributed by atoms with van der Waals surface area (Å²) in [5.74, 6) is 0.646. The Kier molecular flexibility index (Phi) is 4.61. The van der Waals surface area contributed by atoms with Crippen LogP contribution in [0.5, 0.6) is 5.75 Å². The maximum absolute atomic E-state index is 12.1. The molecule has 1 fully saturated rings. The summed E-state index contributed by atoms with van der Waals surface area (Å²) in [5.41, 5.74) is 0.741. The van der Waals surface area contributed by atoms with Crippen molar-refractivity contribution in [1.29, 1.82) is 0 Å².